The van der Waals surface area contributed by atoms with Crippen molar-refractivity contribution in [1.82, 2.24) is 0 Å². The fraction of sp³-hybridized carbons (Fsp3) is 0.429. The van der Waals surface area contributed by atoms with Gasteiger partial charge in [-0.2, -0.15) is 0 Å². The lowest BCUT2D eigenvalue weighted by Gasteiger charge is -2.16. The summed E-state index contributed by atoms with van der Waals surface area (Å²) in [5.41, 5.74) is 3.84. The van der Waals surface area contributed by atoms with Gasteiger partial charge in [-0.3, -0.25) is 0 Å². The zero-order chi connectivity index (χ0) is 11.4. The molecule has 0 bridgehead atoms. The molecule has 0 aromatic heterocycles. The van der Waals surface area contributed by atoms with Gasteiger partial charge in [0, 0.05) is 5.02 Å². The zero-order valence-corrected chi connectivity index (χ0v) is 10.6. The summed E-state index contributed by atoms with van der Waals surface area (Å²) in [7, 11) is 0. The summed E-state index contributed by atoms with van der Waals surface area (Å²) in [5.74, 6) is 0.509. The van der Waals surface area contributed by atoms with Crippen LogP contribution >= 0.6 is 11.6 Å². The van der Waals surface area contributed by atoms with Crippen molar-refractivity contribution in [3.05, 3.63) is 46.5 Å². The third-order valence-electron chi connectivity index (χ3n) is 3.00. The molecule has 0 saturated heterocycles. The van der Waals surface area contributed by atoms with Crippen LogP contribution in [0.2, 0.25) is 5.02 Å². The van der Waals surface area contributed by atoms with E-state index in [1.807, 2.05) is 6.08 Å². The second kappa shape index (κ2) is 5.37. The molecular formula is C14H19Cl. The molecule has 1 atom stereocenters. The monoisotopic (exact) mass is 222 g/mol. The van der Waals surface area contributed by atoms with E-state index in [4.69, 9.17) is 11.6 Å². The number of allylic oxidation sites excluding steroid dienone is 1. The predicted molar refractivity (Wildman–Crippen MR) is 68.8 cm³/mol. The van der Waals surface area contributed by atoms with Crippen molar-refractivity contribution in [3.8, 4) is 0 Å². The smallest absolute Gasteiger partial charge is 0.0443 e. The van der Waals surface area contributed by atoms with E-state index in [1.165, 1.54) is 16.7 Å². The number of halogens is 1. The minimum Gasteiger partial charge on any atom is -0.103 e. The maximum absolute atomic E-state index is 6.28. The molecule has 0 spiro atoms. The lowest BCUT2D eigenvalue weighted by atomic mass is 9.91. The van der Waals surface area contributed by atoms with Crippen LogP contribution in [0.1, 0.15) is 42.4 Å². The zero-order valence-electron chi connectivity index (χ0n) is 9.81. The highest BCUT2D eigenvalue weighted by Crippen LogP contribution is 2.31. The van der Waals surface area contributed by atoms with Gasteiger partial charge in [-0.25, -0.2) is 0 Å². The fourth-order valence-electron chi connectivity index (χ4n) is 1.83. The molecular weight excluding hydrogens is 204 g/mol. The van der Waals surface area contributed by atoms with E-state index in [0.717, 1.165) is 17.9 Å². The summed E-state index contributed by atoms with van der Waals surface area (Å²) >= 11 is 6.28. The summed E-state index contributed by atoms with van der Waals surface area (Å²) < 4.78 is 0. The highest BCUT2D eigenvalue weighted by Gasteiger charge is 2.12. The average Bonchev–Trinajstić information content (AvgIpc) is 2.20. The lowest BCUT2D eigenvalue weighted by Crippen LogP contribution is -1.98. The largest absolute Gasteiger partial charge is 0.103 e. The molecule has 0 aliphatic carbocycles. The maximum Gasteiger partial charge on any atom is 0.0443 e. The van der Waals surface area contributed by atoms with E-state index in [2.05, 4.69) is 39.5 Å². The third-order valence-corrected chi connectivity index (χ3v) is 3.32. The summed E-state index contributed by atoms with van der Waals surface area (Å²) in [5, 5.41) is 0.895. The van der Waals surface area contributed by atoms with E-state index < -0.39 is 0 Å². The van der Waals surface area contributed by atoms with Crippen molar-refractivity contribution in [3.63, 3.8) is 0 Å². The van der Waals surface area contributed by atoms with Crippen LogP contribution in [0, 0.1) is 13.8 Å². The fourth-order valence-corrected chi connectivity index (χ4v) is 2.20. The van der Waals surface area contributed by atoms with Crippen molar-refractivity contribution in [2.45, 2.75) is 39.5 Å². The molecule has 15 heavy (non-hydrogen) atoms. The minimum atomic E-state index is 0.509. The van der Waals surface area contributed by atoms with Crippen LogP contribution in [0.3, 0.4) is 0 Å². The highest BCUT2D eigenvalue weighted by molar-refractivity contribution is 6.31. The Hall–Kier alpha value is -0.750. The molecule has 1 aromatic rings. The summed E-state index contributed by atoms with van der Waals surface area (Å²) in [6.07, 6.45) is 4.08. The van der Waals surface area contributed by atoms with Crippen LogP contribution in [-0.2, 0) is 0 Å². The Morgan fingerprint density at radius 1 is 1.33 bits per heavy atom. The number of aryl methyl sites for hydroxylation is 2. The van der Waals surface area contributed by atoms with E-state index in [-0.39, 0.29) is 0 Å². The van der Waals surface area contributed by atoms with Gasteiger partial charge in [0.25, 0.3) is 0 Å². The van der Waals surface area contributed by atoms with E-state index in [9.17, 15) is 0 Å². The molecule has 1 unspecified atom stereocenters. The first-order chi connectivity index (χ1) is 7.10. The van der Waals surface area contributed by atoms with Crippen LogP contribution in [0.4, 0.5) is 0 Å². The Labute approximate surface area is 98.0 Å². The highest BCUT2D eigenvalue weighted by atomic mass is 35.5. The number of rotatable bonds is 4. The van der Waals surface area contributed by atoms with Gasteiger partial charge in [-0.05, 0) is 55.4 Å². The molecule has 0 aliphatic rings. The normalized spacial score (nSPS) is 12.5. The number of benzene rings is 1. The van der Waals surface area contributed by atoms with Gasteiger partial charge in [0.05, 0.1) is 0 Å². The summed E-state index contributed by atoms with van der Waals surface area (Å²) in [6, 6.07) is 4.29. The standard InChI is InChI=1S/C14H19Cl/c1-5-7-12(6-2)13-8-10(3)11(4)9-14(13)15/h5,8-9,12H,1,6-7H2,2-4H3. The van der Waals surface area contributed by atoms with E-state index in [0.29, 0.717) is 5.92 Å². The molecule has 1 rings (SSSR count). The van der Waals surface area contributed by atoms with Crippen molar-refractivity contribution in [1.29, 1.82) is 0 Å². The quantitative estimate of drug-likeness (QED) is 0.627. The Kier molecular flexibility index (Phi) is 4.41. The second-order valence-electron chi connectivity index (χ2n) is 4.09. The maximum atomic E-state index is 6.28. The minimum absolute atomic E-state index is 0.509. The Bertz CT molecular complexity index is 353. The molecule has 0 heterocycles. The van der Waals surface area contributed by atoms with Crippen LogP contribution in [-0.4, -0.2) is 0 Å². The van der Waals surface area contributed by atoms with Crippen LogP contribution in [0.25, 0.3) is 0 Å². The van der Waals surface area contributed by atoms with Gasteiger partial charge in [0.15, 0.2) is 0 Å². The van der Waals surface area contributed by atoms with Crippen molar-refractivity contribution >= 4 is 11.6 Å². The molecule has 0 saturated carbocycles. The predicted octanol–water partition coefficient (Wildman–Crippen LogP) is 5.03. The molecule has 0 radical (unpaired) electrons. The molecule has 0 nitrogen and oxygen atoms in total. The summed E-state index contributed by atoms with van der Waals surface area (Å²) in [4.78, 5) is 0. The Morgan fingerprint density at radius 3 is 2.47 bits per heavy atom. The van der Waals surface area contributed by atoms with Gasteiger partial charge >= 0.3 is 0 Å². The SMILES string of the molecule is C=CCC(CC)c1cc(C)c(C)cc1Cl. The number of hydrogen-bond acceptors (Lipinski definition) is 0. The molecule has 1 aromatic carbocycles. The molecule has 0 amide bonds. The third kappa shape index (κ3) is 2.85. The molecule has 0 N–H and O–H groups in total. The lowest BCUT2D eigenvalue weighted by molar-refractivity contribution is 0.674. The van der Waals surface area contributed by atoms with Gasteiger partial charge in [0.2, 0.25) is 0 Å². The van der Waals surface area contributed by atoms with Crippen LogP contribution in [0.5, 0.6) is 0 Å². The first-order valence-corrected chi connectivity index (χ1v) is 5.85. The molecule has 82 valence electrons. The second-order valence-corrected chi connectivity index (χ2v) is 4.49. The summed E-state index contributed by atoms with van der Waals surface area (Å²) in [6.45, 7) is 10.2. The molecule has 0 aliphatic heterocycles. The van der Waals surface area contributed by atoms with Crippen molar-refractivity contribution in [2.75, 3.05) is 0 Å². The Balaban J connectivity index is 3.11. The van der Waals surface area contributed by atoms with Crippen LogP contribution in [0.15, 0.2) is 24.8 Å². The van der Waals surface area contributed by atoms with Crippen LogP contribution < -0.4 is 0 Å². The number of hydrogen-bond donors (Lipinski definition) is 0. The van der Waals surface area contributed by atoms with Gasteiger partial charge in [-0.15, -0.1) is 6.58 Å². The van der Waals surface area contributed by atoms with Crippen molar-refractivity contribution < 1.29 is 0 Å². The molecule has 0 fully saturated rings. The van der Waals surface area contributed by atoms with E-state index >= 15 is 0 Å². The van der Waals surface area contributed by atoms with E-state index in [1.54, 1.807) is 0 Å². The van der Waals surface area contributed by atoms with Gasteiger partial charge < -0.3 is 0 Å². The molecule has 1 heteroatoms. The average molecular weight is 223 g/mol. The van der Waals surface area contributed by atoms with Gasteiger partial charge in [0.1, 0.15) is 0 Å². The Morgan fingerprint density at radius 2 is 1.93 bits per heavy atom. The van der Waals surface area contributed by atoms with Gasteiger partial charge in [-0.1, -0.05) is 30.7 Å². The topological polar surface area (TPSA) is 0 Å². The van der Waals surface area contributed by atoms with Crippen molar-refractivity contribution in [2.24, 2.45) is 0 Å². The first-order valence-electron chi connectivity index (χ1n) is 5.47. The first kappa shape index (κ1) is 12.3.